The van der Waals surface area contributed by atoms with Crippen molar-refractivity contribution in [1.29, 1.82) is 0 Å². The van der Waals surface area contributed by atoms with E-state index in [9.17, 15) is 4.79 Å². The van der Waals surface area contributed by atoms with Crippen molar-refractivity contribution in [2.75, 3.05) is 5.32 Å². The molecular weight excluding hydrogens is 252 g/mol. The average Bonchev–Trinajstić information content (AvgIpc) is 2.77. The molecule has 0 aliphatic heterocycles. The van der Waals surface area contributed by atoms with Gasteiger partial charge < -0.3 is 9.88 Å². The first-order chi connectivity index (χ1) is 9.74. The van der Waals surface area contributed by atoms with Gasteiger partial charge in [0.2, 0.25) is 5.95 Å². The van der Waals surface area contributed by atoms with E-state index in [0.717, 1.165) is 23.9 Å². The maximum atomic E-state index is 12.0. The standard InChI is InChI=1S/C15H20N4O/c1-19-13-10-6-5-9-12(13)17-14(19)18-15(20)16-11-7-3-2-4-8-11/h5-6,9-11H,2-4,7-8H2,1H3,(H2,16,17,18,20). The van der Waals surface area contributed by atoms with Crippen LogP contribution in [-0.4, -0.2) is 21.6 Å². The summed E-state index contributed by atoms with van der Waals surface area (Å²) in [6, 6.07) is 8.00. The fourth-order valence-corrected chi connectivity index (χ4v) is 2.83. The number of benzene rings is 1. The van der Waals surface area contributed by atoms with Crippen molar-refractivity contribution in [3.05, 3.63) is 24.3 Å². The number of rotatable bonds is 2. The van der Waals surface area contributed by atoms with Gasteiger partial charge in [0.05, 0.1) is 11.0 Å². The van der Waals surface area contributed by atoms with Crippen molar-refractivity contribution < 1.29 is 4.79 Å². The van der Waals surface area contributed by atoms with Gasteiger partial charge in [0.15, 0.2) is 0 Å². The van der Waals surface area contributed by atoms with Gasteiger partial charge >= 0.3 is 6.03 Å². The lowest BCUT2D eigenvalue weighted by Crippen LogP contribution is -2.39. The van der Waals surface area contributed by atoms with Gasteiger partial charge in [-0.1, -0.05) is 31.4 Å². The summed E-state index contributed by atoms with van der Waals surface area (Å²) in [5, 5.41) is 5.88. The van der Waals surface area contributed by atoms with E-state index in [2.05, 4.69) is 15.6 Å². The van der Waals surface area contributed by atoms with Gasteiger partial charge in [-0.15, -0.1) is 0 Å². The van der Waals surface area contributed by atoms with Crippen molar-refractivity contribution in [2.24, 2.45) is 7.05 Å². The van der Waals surface area contributed by atoms with Crippen LogP contribution in [0.3, 0.4) is 0 Å². The Balaban J connectivity index is 1.69. The monoisotopic (exact) mass is 272 g/mol. The number of anilines is 1. The minimum atomic E-state index is -0.157. The Kier molecular flexibility index (Phi) is 3.58. The van der Waals surface area contributed by atoms with Crippen molar-refractivity contribution in [2.45, 2.75) is 38.1 Å². The Hall–Kier alpha value is -2.04. The maximum absolute atomic E-state index is 12.0. The third-order valence-electron chi connectivity index (χ3n) is 3.95. The van der Waals surface area contributed by atoms with Gasteiger partial charge in [0, 0.05) is 13.1 Å². The predicted molar refractivity (Wildman–Crippen MR) is 79.7 cm³/mol. The summed E-state index contributed by atoms with van der Waals surface area (Å²) in [4.78, 5) is 16.5. The Morgan fingerprint density at radius 2 is 2.00 bits per heavy atom. The molecule has 2 N–H and O–H groups in total. The van der Waals surface area contributed by atoms with Gasteiger partial charge in [-0.05, 0) is 25.0 Å². The van der Waals surface area contributed by atoms with Crippen LogP contribution in [0.25, 0.3) is 11.0 Å². The highest BCUT2D eigenvalue weighted by molar-refractivity contribution is 5.90. The van der Waals surface area contributed by atoms with Crippen LogP contribution in [0.1, 0.15) is 32.1 Å². The summed E-state index contributed by atoms with van der Waals surface area (Å²) in [5.74, 6) is 0.583. The number of hydrogen-bond donors (Lipinski definition) is 2. The summed E-state index contributed by atoms with van der Waals surface area (Å²) >= 11 is 0. The molecule has 0 atom stereocenters. The van der Waals surface area contributed by atoms with E-state index in [1.807, 2.05) is 35.9 Å². The molecule has 5 nitrogen and oxygen atoms in total. The average molecular weight is 272 g/mol. The lowest BCUT2D eigenvalue weighted by Gasteiger charge is -2.22. The summed E-state index contributed by atoms with van der Waals surface area (Å²) in [7, 11) is 1.91. The van der Waals surface area contributed by atoms with E-state index in [1.165, 1.54) is 19.3 Å². The smallest absolute Gasteiger partial charge is 0.321 e. The zero-order valence-electron chi connectivity index (χ0n) is 11.7. The molecule has 1 aromatic heterocycles. The Labute approximate surface area is 118 Å². The third kappa shape index (κ3) is 2.61. The second-order valence-electron chi connectivity index (χ2n) is 5.42. The lowest BCUT2D eigenvalue weighted by atomic mass is 9.96. The van der Waals surface area contributed by atoms with Crippen molar-refractivity contribution >= 4 is 23.0 Å². The molecule has 0 bridgehead atoms. The molecule has 3 rings (SSSR count). The topological polar surface area (TPSA) is 59.0 Å². The molecule has 0 saturated heterocycles. The van der Waals surface area contributed by atoms with Gasteiger partial charge in [-0.25, -0.2) is 9.78 Å². The van der Waals surface area contributed by atoms with Crippen LogP contribution < -0.4 is 10.6 Å². The second-order valence-corrected chi connectivity index (χ2v) is 5.42. The number of nitrogens with one attached hydrogen (secondary N) is 2. The Bertz CT molecular complexity index is 613. The van der Waals surface area contributed by atoms with E-state index < -0.39 is 0 Å². The molecule has 1 aliphatic rings. The second kappa shape index (κ2) is 5.53. The number of carbonyl (C=O) groups is 1. The molecule has 5 heteroatoms. The SMILES string of the molecule is Cn1c(NC(=O)NC2CCCCC2)nc2ccccc21. The fourth-order valence-electron chi connectivity index (χ4n) is 2.83. The molecule has 2 aromatic rings. The number of carbonyl (C=O) groups excluding carboxylic acids is 1. The van der Waals surface area contributed by atoms with E-state index in [4.69, 9.17) is 0 Å². The van der Waals surface area contributed by atoms with Crippen LogP contribution in [0, 0.1) is 0 Å². The first-order valence-corrected chi connectivity index (χ1v) is 7.23. The van der Waals surface area contributed by atoms with Gasteiger partial charge in [0.25, 0.3) is 0 Å². The summed E-state index contributed by atoms with van der Waals surface area (Å²) in [5.41, 5.74) is 1.91. The maximum Gasteiger partial charge on any atom is 0.321 e. The molecule has 1 heterocycles. The van der Waals surface area contributed by atoms with Crippen LogP contribution >= 0.6 is 0 Å². The van der Waals surface area contributed by atoms with Crippen LogP contribution in [-0.2, 0) is 7.05 Å². The first-order valence-electron chi connectivity index (χ1n) is 7.23. The van der Waals surface area contributed by atoms with Gasteiger partial charge in [-0.2, -0.15) is 0 Å². The molecule has 1 fully saturated rings. The quantitative estimate of drug-likeness (QED) is 0.882. The number of amides is 2. The number of fused-ring (bicyclic) bond motifs is 1. The highest BCUT2D eigenvalue weighted by Crippen LogP contribution is 2.19. The normalized spacial score (nSPS) is 16.2. The minimum absolute atomic E-state index is 0.157. The van der Waals surface area contributed by atoms with Crippen LogP contribution in [0.15, 0.2) is 24.3 Å². The van der Waals surface area contributed by atoms with E-state index in [1.54, 1.807) is 0 Å². The van der Waals surface area contributed by atoms with E-state index in [0.29, 0.717) is 12.0 Å². The molecule has 1 saturated carbocycles. The number of nitrogens with zero attached hydrogens (tertiary/aromatic N) is 2. The molecule has 106 valence electrons. The largest absolute Gasteiger partial charge is 0.335 e. The lowest BCUT2D eigenvalue weighted by molar-refractivity contribution is 0.244. The Morgan fingerprint density at radius 3 is 2.75 bits per heavy atom. The molecule has 0 unspecified atom stereocenters. The minimum Gasteiger partial charge on any atom is -0.335 e. The van der Waals surface area contributed by atoms with Crippen LogP contribution in [0.4, 0.5) is 10.7 Å². The molecule has 1 aliphatic carbocycles. The molecule has 0 spiro atoms. The van der Waals surface area contributed by atoms with Crippen LogP contribution in [0.5, 0.6) is 0 Å². The predicted octanol–water partition coefficient (Wildman–Crippen LogP) is 3.03. The fraction of sp³-hybridized carbons (Fsp3) is 0.467. The van der Waals surface area contributed by atoms with Crippen molar-refractivity contribution in [3.63, 3.8) is 0 Å². The summed E-state index contributed by atoms with van der Waals surface area (Å²) in [6.07, 6.45) is 5.85. The first kappa shape index (κ1) is 13.0. The molecular formula is C15H20N4O. The molecule has 0 radical (unpaired) electrons. The zero-order chi connectivity index (χ0) is 13.9. The van der Waals surface area contributed by atoms with Gasteiger partial charge in [0.1, 0.15) is 0 Å². The Morgan fingerprint density at radius 1 is 1.25 bits per heavy atom. The summed E-state index contributed by atoms with van der Waals surface area (Å²) in [6.45, 7) is 0. The number of aryl methyl sites for hydroxylation is 1. The number of para-hydroxylation sites is 2. The third-order valence-corrected chi connectivity index (χ3v) is 3.95. The molecule has 2 amide bonds. The van der Waals surface area contributed by atoms with Crippen molar-refractivity contribution in [3.8, 4) is 0 Å². The zero-order valence-corrected chi connectivity index (χ0v) is 11.7. The highest BCUT2D eigenvalue weighted by Gasteiger charge is 2.17. The van der Waals surface area contributed by atoms with E-state index >= 15 is 0 Å². The van der Waals surface area contributed by atoms with Crippen molar-refractivity contribution in [1.82, 2.24) is 14.9 Å². The number of imidazole rings is 1. The van der Waals surface area contributed by atoms with Gasteiger partial charge in [-0.3, -0.25) is 5.32 Å². The number of aromatic nitrogens is 2. The molecule has 1 aromatic carbocycles. The number of urea groups is 1. The summed E-state index contributed by atoms with van der Waals surface area (Å²) < 4.78 is 1.90. The highest BCUT2D eigenvalue weighted by atomic mass is 16.2. The van der Waals surface area contributed by atoms with E-state index in [-0.39, 0.29) is 6.03 Å². The number of hydrogen-bond acceptors (Lipinski definition) is 2. The molecule has 20 heavy (non-hydrogen) atoms. The van der Waals surface area contributed by atoms with Crippen LogP contribution in [0.2, 0.25) is 0 Å².